The van der Waals surface area contributed by atoms with Crippen molar-refractivity contribution in [3.05, 3.63) is 104 Å². The standard InChI is InChI=1S/C25H24BrN3O3S/c26-21-9-10-24(32-18-20-7-4-8-22(15-20)29(30)31)23(16-21)25(33)28-13-11-27(12-14-28)17-19-5-2-1-3-6-19/h1-10,15-16H,11-14,17-18H2. The number of hydrogen-bond acceptors (Lipinski definition) is 5. The third kappa shape index (κ3) is 6.16. The van der Waals surface area contributed by atoms with E-state index in [9.17, 15) is 10.1 Å². The first-order valence-electron chi connectivity index (χ1n) is 10.7. The highest BCUT2D eigenvalue weighted by Crippen LogP contribution is 2.27. The highest BCUT2D eigenvalue weighted by Gasteiger charge is 2.22. The van der Waals surface area contributed by atoms with Gasteiger partial charge >= 0.3 is 0 Å². The Morgan fingerprint density at radius 2 is 1.70 bits per heavy atom. The Kier molecular flexibility index (Phi) is 7.69. The van der Waals surface area contributed by atoms with Crippen LogP contribution >= 0.6 is 28.1 Å². The van der Waals surface area contributed by atoms with Gasteiger partial charge in [-0.2, -0.15) is 0 Å². The Bertz CT molecular complexity index is 1130. The minimum Gasteiger partial charge on any atom is -0.488 e. The second-order valence-electron chi connectivity index (χ2n) is 7.91. The molecule has 0 amide bonds. The summed E-state index contributed by atoms with van der Waals surface area (Å²) in [5.41, 5.74) is 2.95. The maximum atomic E-state index is 11.0. The number of rotatable bonds is 7. The van der Waals surface area contributed by atoms with Gasteiger partial charge in [-0.1, -0.05) is 70.6 Å². The van der Waals surface area contributed by atoms with Gasteiger partial charge in [-0.25, -0.2) is 0 Å². The van der Waals surface area contributed by atoms with Crippen molar-refractivity contribution in [1.29, 1.82) is 0 Å². The highest BCUT2D eigenvalue weighted by atomic mass is 79.9. The number of non-ortho nitro benzene ring substituents is 1. The van der Waals surface area contributed by atoms with E-state index in [1.807, 2.05) is 30.3 Å². The fourth-order valence-electron chi connectivity index (χ4n) is 3.84. The summed E-state index contributed by atoms with van der Waals surface area (Å²) in [6, 6.07) is 22.7. The van der Waals surface area contributed by atoms with Crippen molar-refractivity contribution in [3.8, 4) is 5.75 Å². The van der Waals surface area contributed by atoms with Gasteiger partial charge in [0.2, 0.25) is 0 Å². The predicted octanol–water partition coefficient (Wildman–Crippen LogP) is 5.43. The van der Waals surface area contributed by atoms with Crippen molar-refractivity contribution in [3.63, 3.8) is 0 Å². The van der Waals surface area contributed by atoms with Gasteiger partial charge in [-0.15, -0.1) is 0 Å². The minimum atomic E-state index is -0.402. The maximum absolute atomic E-state index is 11.0. The molecular formula is C25H24BrN3O3S. The number of nitrogens with zero attached hydrogens (tertiary/aromatic N) is 3. The Balaban J connectivity index is 1.41. The molecule has 3 aromatic carbocycles. The third-order valence-corrected chi connectivity index (χ3v) is 6.57. The second-order valence-corrected chi connectivity index (χ2v) is 9.21. The summed E-state index contributed by atoms with van der Waals surface area (Å²) in [5.74, 6) is 0.668. The molecule has 1 aliphatic rings. The first-order valence-corrected chi connectivity index (χ1v) is 11.9. The van der Waals surface area contributed by atoms with E-state index in [2.05, 4.69) is 50.0 Å². The fourth-order valence-corrected chi connectivity index (χ4v) is 4.54. The number of nitro groups is 1. The van der Waals surface area contributed by atoms with E-state index in [1.54, 1.807) is 6.07 Å². The van der Waals surface area contributed by atoms with Crippen LogP contribution in [-0.4, -0.2) is 45.9 Å². The molecule has 1 aliphatic heterocycles. The Morgan fingerprint density at radius 1 is 0.970 bits per heavy atom. The normalized spacial score (nSPS) is 14.2. The zero-order chi connectivity index (χ0) is 23.2. The number of halogens is 1. The van der Waals surface area contributed by atoms with Crippen molar-refractivity contribution in [2.75, 3.05) is 26.2 Å². The molecule has 0 N–H and O–H groups in total. The molecule has 4 rings (SSSR count). The maximum Gasteiger partial charge on any atom is 0.269 e. The average Bonchev–Trinajstić information content (AvgIpc) is 2.84. The lowest BCUT2D eigenvalue weighted by Crippen LogP contribution is -2.48. The fraction of sp³-hybridized carbons (Fsp3) is 0.240. The molecule has 8 heteroatoms. The van der Waals surface area contributed by atoms with Crippen LogP contribution in [0.3, 0.4) is 0 Å². The SMILES string of the molecule is O=[N+]([O-])c1cccc(COc2ccc(Br)cc2C(=S)N2CCN(Cc3ccccc3)CC2)c1. The van der Waals surface area contributed by atoms with Gasteiger partial charge in [0.15, 0.2) is 0 Å². The molecule has 0 aromatic heterocycles. The lowest BCUT2D eigenvalue weighted by Gasteiger charge is -2.36. The van der Waals surface area contributed by atoms with Crippen LogP contribution in [0, 0.1) is 10.1 Å². The first kappa shape index (κ1) is 23.4. The van der Waals surface area contributed by atoms with Crippen LogP contribution in [0.4, 0.5) is 5.69 Å². The molecule has 33 heavy (non-hydrogen) atoms. The number of benzene rings is 3. The summed E-state index contributed by atoms with van der Waals surface area (Å²) >= 11 is 9.40. The van der Waals surface area contributed by atoms with E-state index in [0.717, 1.165) is 53.3 Å². The molecule has 6 nitrogen and oxygen atoms in total. The quantitative estimate of drug-likeness (QED) is 0.233. The summed E-state index contributed by atoms with van der Waals surface area (Å²) in [7, 11) is 0. The summed E-state index contributed by atoms with van der Waals surface area (Å²) in [6.45, 7) is 4.74. The van der Waals surface area contributed by atoms with Crippen LogP contribution in [-0.2, 0) is 13.2 Å². The molecule has 0 atom stereocenters. The van der Waals surface area contributed by atoms with Crippen LogP contribution in [0.25, 0.3) is 0 Å². The topological polar surface area (TPSA) is 58.9 Å². The number of piperazine rings is 1. The lowest BCUT2D eigenvalue weighted by molar-refractivity contribution is -0.384. The van der Waals surface area contributed by atoms with Gasteiger partial charge < -0.3 is 9.64 Å². The van der Waals surface area contributed by atoms with E-state index >= 15 is 0 Å². The predicted molar refractivity (Wildman–Crippen MR) is 137 cm³/mol. The average molecular weight is 526 g/mol. The second kappa shape index (κ2) is 10.9. The molecule has 1 saturated heterocycles. The van der Waals surface area contributed by atoms with Crippen LogP contribution in [0.1, 0.15) is 16.7 Å². The highest BCUT2D eigenvalue weighted by molar-refractivity contribution is 9.10. The zero-order valence-electron chi connectivity index (χ0n) is 18.0. The number of hydrogen-bond donors (Lipinski definition) is 0. The molecular weight excluding hydrogens is 502 g/mol. The van der Waals surface area contributed by atoms with E-state index in [4.69, 9.17) is 17.0 Å². The van der Waals surface area contributed by atoms with E-state index < -0.39 is 4.92 Å². The summed E-state index contributed by atoms with van der Waals surface area (Å²) in [5, 5.41) is 11.0. The van der Waals surface area contributed by atoms with Crippen molar-refractivity contribution >= 4 is 38.8 Å². The Labute approximate surface area is 207 Å². The van der Waals surface area contributed by atoms with E-state index in [0.29, 0.717) is 5.75 Å². The molecule has 0 unspecified atom stereocenters. The number of thiocarbonyl (C=S) groups is 1. The molecule has 0 radical (unpaired) electrons. The van der Waals surface area contributed by atoms with Gasteiger partial charge in [-0.05, 0) is 29.3 Å². The van der Waals surface area contributed by atoms with E-state index in [1.165, 1.54) is 17.7 Å². The molecule has 0 aliphatic carbocycles. The van der Waals surface area contributed by atoms with Gasteiger partial charge in [0, 0.05) is 49.3 Å². The smallest absolute Gasteiger partial charge is 0.269 e. The van der Waals surface area contributed by atoms with Crippen LogP contribution in [0.15, 0.2) is 77.3 Å². The van der Waals surface area contributed by atoms with Gasteiger partial charge in [0.1, 0.15) is 17.3 Å². The van der Waals surface area contributed by atoms with Crippen LogP contribution in [0.2, 0.25) is 0 Å². The molecule has 170 valence electrons. The zero-order valence-corrected chi connectivity index (χ0v) is 20.4. The molecule has 0 saturated carbocycles. The Hall–Kier alpha value is -2.81. The minimum absolute atomic E-state index is 0.0519. The monoisotopic (exact) mass is 525 g/mol. The van der Waals surface area contributed by atoms with Gasteiger partial charge in [0.05, 0.1) is 10.5 Å². The van der Waals surface area contributed by atoms with Crippen molar-refractivity contribution in [2.24, 2.45) is 0 Å². The van der Waals surface area contributed by atoms with Crippen LogP contribution in [0.5, 0.6) is 5.75 Å². The number of ether oxygens (including phenoxy) is 1. The number of nitro benzene ring substituents is 1. The molecule has 0 spiro atoms. The molecule has 0 bridgehead atoms. The summed E-state index contributed by atoms with van der Waals surface area (Å²) < 4.78 is 6.98. The van der Waals surface area contributed by atoms with Crippen molar-refractivity contribution in [2.45, 2.75) is 13.2 Å². The van der Waals surface area contributed by atoms with Crippen molar-refractivity contribution in [1.82, 2.24) is 9.80 Å². The first-order chi connectivity index (χ1) is 16.0. The largest absolute Gasteiger partial charge is 0.488 e. The lowest BCUT2D eigenvalue weighted by atomic mass is 10.1. The molecule has 1 heterocycles. The van der Waals surface area contributed by atoms with Crippen molar-refractivity contribution < 1.29 is 9.66 Å². The summed E-state index contributed by atoms with van der Waals surface area (Å²) in [4.78, 5) is 16.1. The van der Waals surface area contributed by atoms with Gasteiger partial charge in [0.25, 0.3) is 5.69 Å². The Morgan fingerprint density at radius 3 is 2.42 bits per heavy atom. The van der Waals surface area contributed by atoms with Crippen LogP contribution < -0.4 is 4.74 Å². The van der Waals surface area contributed by atoms with Gasteiger partial charge in [-0.3, -0.25) is 15.0 Å². The third-order valence-electron chi connectivity index (χ3n) is 5.60. The van der Waals surface area contributed by atoms with E-state index in [-0.39, 0.29) is 12.3 Å². The molecule has 1 fully saturated rings. The molecule has 3 aromatic rings. The summed E-state index contributed by atoms with van der Waals surface area (Å²) in [6.07, 6.45) is 0.